The number of aliphatic imine (C=N–C) groups is 1. The molecule has 1 aliphatic carbocycles. The third-order valence-electron chi connectivity index (χ3n) is 4.77. The topological polar surface area (TPSA) is 46.1 Å². The summed E-state index contributed by atoms with van der Waals surface area (Å²) < 4.78 is 34.4. The summed E-state index contributed by atoms with van der Waals surface area (Å²) in [6, 6.07) is 6.71. The monoisotopic (exact) mass is 511 g/mol. The zero-order chi connectivity index (χ0) is 19.7. The van der Waals surface area contributed by atoms with Crippen LogP contribution in [0.2, 0.25) is 0 Å². The Morgan fingerprint density at radius 2 is 1.93 bits per heavy atom. The number of nitrogens with zero attached hydrogens (tertiary/aromatic N) is 2. The van der Waals surface area contributed by atoms with Crippen molar-refractivity contribution in [2.24, 2.45) is 10.4 Å². The Hall–Kier alpha value is -1.16. The molecule has 8 heteroatoms. The average Bonchev–Trinajstić information content (AvgIpc) is 3.40. The second-order valence-corrected chi connectivity index (χ2v) is 7.00. The highest BCUT2D eigenvalue weighted by Gasteiger charge is 2.42. The number of guanidine groups is 1. The molecule has 0 atom stereocenters. The van der Waals surface area contributed by atoms with Crippen LogP contribution in [-0.4, -0.2) is 50.8 Å². The second kappa shape index (κ2) is 12.4. The van der Waals surface area contributed by atoms with Gasteiger partial charge in [-0.25, -0.2) is 0 Å². The molecule has 0 bridgehead atoms. The van der Waals surface area contributed by atoms with Crippen molar-refractivity contribution in [3.8, 4) is 5.75 Å². The minimum absolute atomic E-state index is 0. The molecule has 1 aliphatic rings. The van der Waals surface area contributed by atoms with E-state index in [1.807, 2.05) is 25.8 Å². The third-order valence-corrected chi connectivity index (χ3v) is 4.77. The average molecular weight is 511 g/mol. The number of hydrogen-bond acceptors (Lipinski definition) is 3. The van der Waals surface area contributed by atoms with E-state index in [-0.39, 0.29) is 29.7 Å². The van der Waals surface area contributed by atoms with Crippen LogP contribution in [0.15, 0.2) is 29.3 Å². The van der Waals surface area contributed by atoms with Crippen LogP contribution in [0, 0.1) is 5.41 Å². The predicted molar refractivity (Wildman–Crippen MR) is 119 cm³/mol. The molecular formula is C20H32F2IN3O2. The van der Waals surface area contributed by atoms with Gasteiger partial charge in [-0.2, -0.15) is 8.78 Å². The molecule has 0 aliphatic heterocycles. The Morgan fingerprint density at radius 3 is 2.46 bits per heavy atom. The maximum Gasteiger partial charge on any atom is 0.387 e. The summed E-state index contributed by atoms with van der Waals surface area (Å²) in [6.45, 7) is 5.03. The van der Waals surface area contributed by atoms with E-state index in [0.717, 1.165) is 44.2 Å². The van der Waals surface area contributed by atoms with E-state index >= 15 is 0 Å². The molecule has 1 aromatic rings. The molecule has 1 saturated carbocycles. The highest BCUT2D eigenvalue weighted by Crippen LogP contribution is 2.49. The van der Waals surface area contributed by atoms with Gasteiger partial charge >= 0.3 is 6.61 Å². The number of alkyl halides is 2. The summed E-state index contributed by atoms with van der Waals surface area (Å²) in [5.41, 5.74) is 1.30. The van der Waals surface area contributed by atoms with Crippen molar-refractivity contribution < 1.29 is 18.3 Å². The first-order valence-corrected chi connectivity index (χ1v) is 9.59. The molecule has 0 amide bonds. The Balaban J connectivity index is 0.00000392. The molecule has 0 saturated heterocycles. The number of ether oxygens (including phenoxy) is 2. The summed E-state index contributed by atoms with van der Waals surface area (Å²) in [6.07, 6.45) is 3.47. The number of halogens is 3. The number of benzene rings is 1. The summed E-state index contributed by atoms with van der Waals surface area (Å²) in [5, 5.41) is 3.33. The van der Waals surface area contributed by atoms with Crippen molar-refractivity contribution in [3.05, 3.63) is 29.8 Å². The van der Waals surface area contributed by atoms with E-state index in [9.17, 15) is 8.78 Å². The quantitative estimate of drug-likeness (QED) is 0.206. The third kappa shape index (κ3) is 8.46. The lowest BCUT2D eigenvalue weighted by molar-refractivity contribution is -0.0498. The molecule has 1 N–H and O–H groups in total. The molecule has 0 spiro atoms. The van der Waals surface area contributed by atoms with Gasteiger partial charge in [-0.3, -0.25) is 4.99 Å². The van der Waals surface area contributed by atoms with E-state index in [0.29, 0.717) is 12.0 Å². The van der Waals surface area contributed by atoms with E-state index in [1.165, 1.54) is 12.8 Å². The molecular weight excluding hydrogens is 479 g/mol. The fourth-order valence-corrected chi connectivity index (χ4v) is 2.93. The molecule has 0 radical (unpaired) electrons. The van der Waals surface area contributed by atoms with E-state index in [1.54, 1.807) is 24.3 Å². The first-order valence-electron chi connectivity index (χ1n) is 9.59. The molecule has 0 unspecified atom stereocenters. The number of nitrogens with one attached hydrogen (secondary N) is 1. The van der Waals surface area contributed by atoms with Gasteiger partial charge in [0, 0.05) is 39.9 Å². The van der Waals surface area contributed by atoms with Crippen LogP contribution in [-0.2, 0) is 11.3 Å². The van der Waals surface area contributed by atoms with E-state index < -0.39 is 6.61 Å². The zero-order valence-electron chi connectivity index (χ0n) is 16.9. The van der Waals surface area contributed by atoms with Crippen LogP contribution in [0.4, 0.5) is 8.78 Å². The van der Waals surface area contributed by atoms with Gasteiger partial charge in [0.25, 0.3) is 0 Å². The first kappa shape index (κ1) is 24.9. The Morgan fingerprint density at radius 1 is 1.25 bits per heavy atom. The van der Waals surface area contributed by atoms with Crippen LogP contribution >= 0.6 is 24.0 Å². The van der Waals surface area contributed by atoms with E-state index in [4.69, 9.17) is 9.73 Å². The fourth-order valence-electron chi connectivity index (χ4n) is 2.93. The van der Waals surface area contributed by atoms with Crippen molar-refractivity contribution in [2.45, 2.75) is 46.3 Å². The Labute approximate surface area is 183 Å². The minimum atomic E-state index is -2.80. The van der Waals surface area contributed by atoms with Crippen molar-refractivity contribution in [2.75, 3.05) is 33.4 Å². The summed E-state index contributed by atoms with van der Waals surface area (Å²) in [4.78, 5) is 6.88. The molecule has 0 heterocycles. The van der Waals surface area contributed by atoms with E-state index in [2.05, 4.69) is 10.1 Å². The standard InChI is InChI=1S/C20H31F2N3O2.HI/c1-4-23-19(24-15-20(10-11-20)12-13-26-5-2)25(3)14-16-6-8-17(9-7-16)27-18(21)22;/h6-9,18H,4-5,10-15H2,1-3H3,(H,23,24);1H. The minimum Gasteiger partial charge on any atom is -0.435 e. The molecule has 1 fully saturated rings. The molecule has 28 heavy (non-hydrogen) atoms. The number of hydrogen-bond donors (Lipinski definition) is 1. The molecule has 2 rings (SSSR count). The maximum absolute atomic E-state index is 12.2. The summed E-state index contributed by atoms with van der Waals surface area (Å²) in [7, 11) is 1.98. The summed E-state index contributed by atoms with van der Waals surface area (Å²) >= 11 is 0. The van der Waals surface area contributed by atoms with Crippen LogP contribution in [0.25, 0.3) is 0 Å². The van der Waals surface area contributed by atoms with Crippen LogP contribution in [0.5, 0.6) is 5.75 Å². The zero-order valence-corrected chi connectivity index (χ0v) is 19.2. The number of rotatable bonds is 11. The Kier molecular flexibility index (Phi) is 11.0. The van der Waals surface area contributed by atoms with Gasteiger partial charge in [0.05, 0.1) is 0 Å². The molecule has 1 aromatic carbocycles. The smallest absolute Gasteiger partial charge is 0.387 e. The molecule has 0 aromatic heterocycles. The summed E-state index contributed by atoms with van der Waals surface area (Å²) in [5.74, 6) is 1.02. The highest BCUT2D eigenvalue weighted by atomic mass is 127. The molecule has 160 valence electrons. The normalized spacial score (nSPS) is 15.1. The van der Waals surface area contributed by atoms with Gasteiger partial charge in [0.15, 0.2) is 5.96 Å². The second-order valence-electron chi connectivity index (χ2n) is 7.00. The van der Waals surface area contributed by atoms with Gasteiger partial charge in [-0.05, 0) is 56.2 Å². The van der Waals surface area contributed by atoms with Gasteiger partial charge in [-0.15, -0.1) is 24.0 Å². The first-order chi connectivity index (χ1) is 13.0. The van der Waals surface area contributed by atoms with Gasteiger partial charge < -0.3 is 19.7 Å². The van der Waals surface area contributed by atoms with Crippen molar-refractivity contribution >= 4 is 29.9 Å². The van der Waals surface area contributed by atoms with Gasteiger partial charge in [0.2, 0.25) is 0 Å². The lowest BCUT2D eigenvalue weighted by Gasteiger charge is -2.23. The SMILES string of the molecule is CCNC(=NCC1(CCOCC)CC1)N(C)Cc1ccc(OC(F)F)cc1.I. The lowest BCUT2D eigenvalue weighted by Crippen LogP contribution is -2.39. The van der Waals surface area contributed by atoms with Crippen LogP contribution in [0.3, 0.4) is 0 Å². The van der Waals surface area contributed by atoms with Gasteiger partial charge in [-0.1, -0.05) is 12.1 Å². The maximum atomic E-state index is 12.2. The highest BCUT2D eigenvalue weighted by molar-refractivity contribution is 14.0. The fraction of sp³-hybridized carbons (Fsp3) is 0.650. The lowest BCUT2D eigenvalue weighted by atomic mass is 10.0. The van der Waals surface area contributed by atoms with Crippen molar-refractivity contribution in [3.63, 3.8) is 0 Å². The predicted octanol–water partition coefficient (Wildman–Crippen LogP) is 4.51. The van der Waals surface area contributed by atoms with Crippen LogP contribution < -0.4 is 10.1 Å². The molecule has 5 nitrogen and oxygen atoms in total. The van der Waals surface area contributed by atoms with Crippen LogP contribution in [0.1, 0.15) is 38.7 Å². The Bertz CT molecular complexity index is 596. The van der Waals surface area contributed by atoms with Gasteiger partial charge in [0.1, 0.15) is 5.75 Å². The van der Waals surface area contributed by atoms with Crippen molar-refractivity contribution in [1.82, 2.24) is 10.2 Å². The van der Waals surface area contributed by atoms with Crippen molar-refractivity contribution in [1.29, 1.82) is 0 Å². The largest absolute Gasteiger partial charge is 0.435 e.